The van der Waals surface area contributed by atoms with Crippen molar-refractivity contribution >= 4 is 23.6 Å². The van der Waals surface area contributed by atoms with Crippen LogP contribution in [0.3, 0.4) is 0 Å². The molecule has 0 saturated carbocycles. The Morgan fingerprint density at radius 1 is 1.60 bits per heavy atom. The molecule has 0 aromatic carbocycles. The molecule has 0 aliphatic carbocycles. The van der Waals surface area contributed by atoms with E-state index >= 15 is 0 Å². The summed E-state index contributed by atoms with van der Waals surface area (Å²) in [5.74, 6) is -0.555. The number of carboxylic acid groups (broad SMARTS) is 1. The lowest BCUT2D eigenvalue weighted by Crippen LogP contribution is -2.37. The Morgan fingerprint density at radius 3 is 3.00 bits per heavy atom. The number of carbonyl (C=O) groups is 2. The van der Waals surface area contributed by atoms with Crippen molar-refractivity contribution in [3.8, 4) is 0 Å². The predicted octanol–water partition coefficient (Wildman–Crippen LogP) is 0.297. The standard InChI is InChI=1S/C12H16N4O4/c1-20-12(19)15-7-2-3-16(6-7)10-4-8(11(17)18)9(13)5-14-10/h4-5,7H,2-3,6,13H2,1H3,(H,15,19)(H,17,18). The van der Waals surface area contributed by atoms with Crippen molar-refractivity contribution in [3.63, 3.8) is 0 Å². The van der Waals surface area contributed by atoms with E-state index in [0.717, 1.165) is 6.42 Å². The number of rotatable bonds is 3. The third kappa shape index (κ3) is 2.90. The summed E-state index contributed by atoms with van der Waals surface area (Å²) in [7, 11) is 1.31. The molecule has 1 unspecified atom stereocenters. The van der Waals surface area contributed by atoms with Crippen LogP contribution in [0.4, 0.5) is 16.3 Å². The molecule has 0 spiro atoms. The number of amides is 1. The van der Waals surface area contributed by atoms with Gasteiger partial charge in [-0.05, 0) is 12.5 Å². The number of alkyl carbamates (subject to hydrolysis) is 1. The number of hydrogen-bond donors (Lipinski definition) is 3. The van der Waals surface area contributed by atoms with Crippen molar-refractivity contribution in [2.24, 2.45) is 0 Å². The van der Waals surface area contributed by atoms with Gasteiger partial charge in [0, 0.05) is 13.1 Å². The fraction of sp³-hybridized carbons (Fsp3) is 0.417. The van der Waals surface area contributed by atoms with E-state index in [1.165, 1.54) is 19.4 Å². The van der Waals surface area contributed by atoms with Crippen molar-refractivity contribution in [2.75, 3.05) is 30.8 Å². The van der Waals surface area contributed by atoms with Gasteiger partial charge in [-0.15, -0.1) is 0 Å². The van der Waals surface area contributed by atoms with E-state index in [-0.39, 0.29) is 17.3 Å². The summed E-state index contributed by atoms with van der Waals surface area (Å²) in [4.78, 5) is 28.2. The van der Waals surface area contributed by atoms with Crippen molar-refractivity contribution in [2.45, 2.75) is 12.5 Å². The Kier molecular flexibility index (Phi) is 3.92. The van der Waals surface area contributed by atoms with Gasteiger partial charge >= 0.3 is 12.1 Å². The lowest BCUT2D eigenvalue weighted by molar-refractivity contribution is 0.0698. The Bertz CT molecular complexity index is 534. The molecule has 0 bridgehead atoms. The molecule has 1 atom stereocenters. The molecule has 108 valence electrons. The van der Waals surface area contributed by atoms with Crippen LogP contribution in [0.5, 0.6) is 0 Å². The minimum atomic E-state index is -1.09. The van der Waals surface area contributed by atoms with E-state index < -0.39 is 12.1 Å². The van der Waals surface area contributed by atoms with Gasteiger partial charge in [0.1, 0.15) is 5.82 Å². The van der Waals surface area contributed by atoms with Crippen molar-refractivity contribution < 1.29 is 19.4 Å². The molecule has 20 heavy (non-hydrogen) atoms. The number of aromatic nitrogens is 1. The van der Waals surface area contributed by atoms with Gasteiger partial charge < -0.3 is 25.8 Å². The third-order valence-corrected chi connectivity index (χ3v) is 3.17. The zero-order valence-electron chi connectivity index (χ0n) is 11.0. The highest BCUT2D eigenvalue weighted by atomic mass is 16.5. The molecule has 4 N–H and O–H groups in total. The Labute approximate surface area is 115 Å². The molecule has 2 rings (SSSR count). The molecule has 1 saturated heterocycles. The maximum atomic E-state index is 11.1. The number of carboxylic acids is 1. The molecule has 1 fully saturated rings. The van der Waals surface area contributed by atoms with Gasteiger partial charge in [0.25, 0.3) is 0 Å². The first-order chi connectivity index (χ1) is 9.51. The quantitative estimate of drug-likeness (QED) is 0.728. The zero-order valence-corrected chi connectivity index (χ0v) is 11.0. The number of pyridine rings is 1. The maximum Gasteiger partial charge on any atom is 0.407 e. The van der Waals surface area contributed by atoms with E-state index in [0.29, 0.717) is 18.9 Å². The number of anilines is 2. The van der Waals surface area contributed by atoms with Gasteiger partial charge in [-0.25, -0.2) is 14.6 Å². The Morgan fingerprint density at radius 2 is 2.35 bits per heavy atom. The number of methoxy groups -OCH3 is 1. The summed E-state index contributed by atoms with van der Waals surface area (Å²) >= 11 is 0. The second-order valence-corrected chi connectivity index (χ2v) is 4.50. The highest BCUT2D eigenvalue weighted by Gasteiger charge is 2.25. The van der Waals surface area contributed by atoms with Crippen LogP contribution < -0.4 is 16.0 Å². The number of nitrogens with zero attached hydrogens (tertiary/aromatic N) is 2. The molecule has 2 heterocycles. The van der Waals surface area contributed by atoms with Crippen LogP contribution in [-0.2, 0) is 4.74 Å². The first kappa shape index (κ1) is 13.9. The Hall–Kier alpha value is -2.51. The van der Waals surface area contributed by atoms with Gasteiger partial charge in [-0.2, -0.15) is 0 Å². The second kappa shape index (κ2) is 5.64. The number of aromatic carboxylic acids is 1. The number of hydrogen-bond acceptors (Lipinski definition) is 6. The van der Waals surface area contributed by atoms with Crippen LogP contribution in [0.25, 0.3) is 0 Å². The highest BCUT2D eigenvalue weighted by Crippen LogP contribution is 2.22. The SMILES string of the molecule is COC(=O)NC1CCN(c2cc(C(=O)O)c(N)cn2)C1. The van der Waals surface area contributed by atoms with Crippen molar-refractivity contribution in [3.05, 3.63) is 17.8 Å². The number of ether oxygens (including phenoxy) is 1. The second-order valence-electron chi connectivity index (χ2n) is 4.50. The van der Waals surface area contributed by atoms with E-state index in [1.54, 1.807) is 0 Å². The van der Waals surface area contributed by atoms with Gasteiger partial charge in [0.2, 0.25) is 0 Å². The summed E-state index contributed by atoms with van der Waals surface area (Å²) in [5, 5.41) is 11.7. The summed E-state index contributed by atoms with van der Waals surface area (Å²) in [6.45, 7) is 1.22. The first-order valence-corrected chi connectivity index (χ1v) is 6.09. The summed E-state index contributed by atoms with van der Waals surface area (Å²) < 4.78 is 4.54. The normalized spacial score (nSPS) is 17.9. The molecule has 0 radical (unpaired) electrons. The van der Waals surface area contributed by atoms with Crippen LogP contribution in [0.2, 0.25) is 0 Å². The van der Waals surface area contributed by atoms with E-state index in [4.69, 9.17) is 10.8 Å². The Balaban J connectivity index is 2.08. The van der Waals surface area contributed by atoms with Crippen LogP contribution in [0, 0.1) is 0 Å². The number of nitrogens with one attached hydrogen (secondary N) is 1. The minimum Gasteiger partial charge on any atom is -0.478 e. The van der Waals surface area contributed by atoms with Crippen molar-refractivity contribution in [1.29, 1.82) is 0 Å². The molecule has 8 heteroatoms. The predicted molar refractivity (Wildman–Crippen MR) is 71.8 cm³/mol. The van der Waals surface area contributed by atoms with E-state index in [2.05, 4.69) is 15.0 Å². The fourth-order valence-corrected chi connectivity index (χ4v) is 2.12. The lowest BCUT2D eigenvalue weighted by Gasteiger charge is -2.18. The van der Waals surface area contributed by atoms with E-state index in [1.807, 2.05) is 4.90 Å². The fourth-order valence-electron chi connectivity index (χ4n) is 2.12. The number of nitrogens with two attached hydrogens (primary N) is 1. The molecule has 1 amide bonds. The van der Waals surface area contributed by atoms with Crippen LogP contribution in [0.1, 0.15) is 16.8 Å². The topological polar surface area (TPSA) is 118 Å². The molecule has 8 nitrogen and oxygen atoms in total. The zero-order chi connectivity index (χ0) is 14.7. The third-order valence-electron chi connectivity index (χ3n) is 3.17. The molecule has 1 aromatic rings. The smallest absolute Gasteiger partial charge is 0.407 e. The monoisotopic (exact) mass is 280 g/mol. The summed E-state index contributed by atoms with van der Waals surface area (Å²) in [6, 6.07) is 1.40. The van der Waals surface area contributed by atoms with Gasteiger partial charge in [-0.3, -0.25) is 0 Å². The molecule has 1 aliphatic heterocycles. The minimum absolute atomic E-state index is 0.0272. The van der Waals surface area contributed by atoms with Crippen LogP contribution >= 0.6 is 0 Å². The van der Waals surface area contributed by atoms with Gasteiger partial charge in [-0.1, -0.05) is 0 Å². The lowest BCUT2D eigenvalue weighted by atomic mass is 10.2. The first-order valence-electron chi connectivity index (χ1n) is 6.09. The average molecular weight is 280 g/mol. The number of nitrogen functional groups attached to an aromatic ring is 1. The van der Waals surface area contributed by atoms with Crippen molar-refractivity contribution in [1.82, 2.24) is 10.3 Å². The van der Waals surface area contributed by atoms with Crippen LogP contribution in [-0.4, -0.2) is 48.4 Å². The van der Waals surface area contributed by atoms with E-state index in [9.17, 15) is 9.59 Å². The van der Waals surface area contributed by atoms with Gasteiger partial charge in [0.15, 0.2) is 0 Å². The molecular weight excluding hydrogens is 264 g/mol. The largest absolute Gasteiger partial charge is 0.478 e. The van der Waals surface area contributed by atoms with Crippen LogP contribution in [0.15, 0.2) is 12.3 Å². The molecule has 1 aliphatic rings. The molecule has 1 aromatic heterocycles. The van der Waals surface area contributed by atoms with Gasteiger partial charge in [0.05, 0.1) is 30.6 Å². The number of carbonyl (C=O) groups excluding carboxylic acids is 1. The molecular formula is C12H16N4O4. The highest BCUT2D eigenvalue weighted by molar-refractivity contribution is 5.94. The maximum absolute atomic E-state index is 11.1. The summed E-state index contributed by atoms with van der Waals surface area (Å²) in [6.07, 6.45) is 1.59. The summed E-state index contributed by atoms with van der Waals surface area (Å²) in [5.41, 5.74) is 5.72. The average Bonchev–Trinajstić information content (AvgIpc) is 2.87.